The van der Waals surface area contributed by atoms with Crippen molar-refractivity contribution in [2.24, 2.45) is 0 Å². The average Bonchev–Trinajstić information content (AvgIpc) is 3.07. The van der Waals surface area contributed by atoms with Crippen LogP contribution in [0.5, 0.6) is 0 Å². The van der Waals surface area contributed by atoms with Crippen LogP contribution in [0.25, 0.3) is 16.7 Å². The Morgan fingerprint density at radius 3 is 2.52 bits per heavy atom. The summed E-state index contributed by atoms with van der Waals surface area (Å²) in [6, 6.07) is 19.2. The van der Waals surface area contributed by atoms with Gasteiger partial charge in [0.1, 0.15) is 0 Å². The third-order valence-corrected chi connectivity index (χ3v) is 3.97. The Morgan fingerprint density at radius 2 is 1.76 bits per heavy atom. The Labute approximate surface area is 127 Å². The third kappa shape index (κ3) is 3.41. The molecule has 3 rings (SSSR count). The molecule has 0 heterocycles. The highest BCUT2D eigenvalue weighted by Crippen LogP contribution is 2.27. The van der Waals surface area contributed by atoms with E-state index in [2.05, 4.69) is 79.4 Å². The lowest BCUT2D eigenvalue weighted by atomic mass is 9.96. The van der Waals surface area contributed by atoms with Gasteiger partial charge in [0.15, 0.2) is 0 Å². The maximum absolute atomic E-state index is 4.27. The monoisotopic (exact) mass is 272 g/mol. The van der Waals surface area contributed by atoms with E-state index in [4.69, 9.17) is 0 Å². The predicted octanol–water partition coefficient (Wildman–Crippen LogP) is 6.03. The van der Waals surface area contributed by atoms with Crippen LogP contribution in [0.4, 0.5) is 0 Å². The van der Waals surface area contributed by atoms with Crippen LogP contribution >= 0.6 is 0 Å². The van der Waals surface area contributed by atoms with Crippen molar-refractivity contribution in [3.63, 3.8) is 0 Å². The average molecular weight is 272 g/mol. The van der Waals surface area contributed by atoms with Gasteiger partial charge in [-0.25, -0.2) is 0 Å². The summed E-state index contributed by atoms with van der Waals surface area (Å²) in [5, 5.41) is 0. The van der Waals surface area contributed by atoms with Crippen molar-refractivity contribution in [2.45, 2.75) is 19.3 Å². The first kappa shape index (κ1) is 13.6. The summed E-state index contributed by atoms with van der Waals surface area (Å²) in [6.07, 6.45) is 9.85. The van der Waals surface area contributed by atoms with Gasteiger partial charge in [0, 0.05) is 0 Å². The lowest BCUT2D eigenvalue weighted by Crippen LogP contribution is -1.87. The lowest BCUT2D eigenvalue weighted by molar-refractivity contribution is 0.964. The summed E-state index contributed by atoms with van der Waals surface area (Å²) in [5.41, 5.74) is 6.50. The quantitative estimate of drug-likeness (QED) is 0.623. The maximum Gasteiger partial charge on any atom is -0.0132 e. The topological polar surface area (TPSA) is 0 Å². The zero-order valence-corrected chi connectivity index (χ0v) is 12.3. The number of rotatable bonds is 5. The summed E-state index contributed by atoms with van der Waals surface area (Å²) < 4.78 is 0. The molecule has 0 saturated heterocycles. The second-order valence-corrected chi connectivity index (χ2v) is 5.51. The largest absolute Gasteiger partial charge is 0.0952 e. The normalized spacial score (nSPS) is 13.2. The van der Waals surface area contributed by atoms with E-state index in [1.54, 1.807) is 0 Å². The zero-order chi connectivity index (χ0) is 14.5. The molecule has 0 amide bonds. The molecule has 0 bridgehead atoms. The molecule has 0 radical (unpaired) electrons. The molecule has 0 N–H and O–H groups in total. The minimum Gasteiger partial charge on any atom is -0.0952 e. The van der Waals surface area contributed by atoms with Gasteiger partial charge in [-0.3, -0.25) is 0 Å². The first-order valence-corrected chi connectivity index (χ1v) is 7.51. The SMILES string of the molecule is C=C(CCC1=CC=CC1)c1cccc(-c2ccccc2)c1. The Balaban J connectivity index is 1.72. The van der Waals surface area contributed by atoms with Crippen molar-refractivity contribution in [1.29, 1.82) is 0 Å². The van der Waals surface area contributed by atoms with Crippen LogP contribution in [0.3, 0.4) is 0 Å². The van der Waals surface area contributed by atoms with Crippen molar-refractivity contribution in [3.05, 3.63) is 90.5 Å². The lowest BCUT2D eigenvalue weighted by Gasteiger charge is -2.09. The first-order valence-electron chi connectivity index (χ1n) is 7.51. The number of allylic oxidation sites excluding steroid dienone is 5. The van der Waals surface area contributed by atoms with Crippen LogP contribution in [-0.4, -0.2) is 0 Å². The molecule has 0 saturated carbocycles. The van der Waals surface area contributed by atoms with Crippen molar-refractivity contribution >= 4 is 5.57 Å². The predicted molar refractivity (Wildman–Crippen MR) is 92.0 cm³/mol. The Bertz CT molecular complexity index is 687. The fourth-order valence-corrected chi connectivity index (χ4v) is 2.68. The Hall–Kier alpha value is -2.34. The van der Waals surface area contributed by atoms with Crippen LogP contribution in [0.1, 0.15) is 24.8 Å². The molecule has 0 spiro atoms. The van der Waals surface area contributed by atoms with E-state index >= 15 is 0 Å². The van der Waals surface area contributed by atoms with Crippen LogP contribution in [0.15, 0.2) is 85.0 Å². The molecule has 104 valence electrons. The third-order valence-electron chi connectivity index (χ3n) is 3.97. The van der Waals surface area contributed by atoms with Gasteiger partial charge in [0.05, 0.1) is 0 Å². The standard InChI is InChI=1S/C21H20/c1-17(14-15-18-8-5-6-9-18)20-12-7-13-21(16-20)19-10-3-2-4-11-19/h2-8,10-13,16H,1,9,14-15H2. The van der Waals surface area contributed by atoms with E-state index in [9.17, 15) is 0 Å². The van der Waals surface area contributed by atoms with Gasteiger partial charge in [-0.1, -0.05) is 78.9 Å². The molecule has 2 aromatic carbocycles. The molecule has 2 aromatic rings. The first-order chi connectivity index (χ1) is 10.3. The summed E-state index contributed by atoms with van der Waals surface area (Å²) in [6.45, 7) is 4.27. The summed E-state index contributed by atoms with van der Waals surface area (Å²) in [5.74, 6) is 0. The second kappa shape index (κ2) is 6.41. The highest BCUT2D eigenvalue weighted by atomic mass is 14.1. The Morgan fingerprint density at radius 1 is 0.952 bits per heavy atom. The smallest absolute Gasteiger partial charge is 0.0132 e. The molecule has 0 atom stereocenters. The molecule has 1 aliphatic carbocycles. The van der Waals surface area contributed by atoms with E-state index in [-0.39, 0.29) is 0 Å². The highest BCUT2D eigenvalue weighted by Gasteiger charge is 2.05. The molecule has 0 heteroatoms. The fourth-order valence-electron chi connectivity index (χ4n) is 2.68. The minimum atomic E-state index is 1.03. The Kier molecular flexibility index (Phi) is 4.16. The van der Waals surface area contributed by atoms with E-state index in [0.717, 1.165) is 19.3 Å². The highest BCUT2D eigenvalue weighted by molar-refractivity contribution is 5.71. The van der Waals surface area contributed by atoms with Crippen molar-refractivity contribution < 1.29 is 0 Å². The molecular weight excluding hydrogens is 252 g/mol. The van der Waals surface area contributed by atoms with E-state index in [1.165, 1.54) is 27.8 Å². The van der Waals surface area contributed by atoms with Crippen molar-refractivity contribution in [2.75, 3.05) is 0 Å². The molecule has 1 aliphatic rings. The molecule has 0 aliphatic heterocycles. The maximum atomic E-state index is 4.27. The van der Waals surface area contributed by atoms with Crippen LogP contribution in [-0.2, 0) is 0 Å². The van der Waals surface area contributed by atoms with Gasteiger partial charge in [-0.15, -0.1) is 0 Å². The number of benzene rings is 2. The van der Waals surface area contributed by atoms with Crippen LogP contribution in [0.2, 0.25) is 0 Å². The molecule has 0 fully saturated rings. The van der Waals surface area contributed by atoms with Gasteiger partial charge in [-0.05, 0) is 47.6 Å². The minimum absolute atomic E-state index is 1.03. The van der Waals surface area contributed by atoms with Crippen molar-refractivity contribution in [3.8, 4) is 11.1 Å². The zero-order valence-electron chi connectivity index (χ0n) is 12.3. The number of hydrogen-bond acceptors (Lipinski definition) is 0. The number of hydrogen-bond donors (Lipinski definition) is 0. The van der Waals surface area contributed by atoms with Gasteiger partial charge >= 0.3 is 0 Å². The van der Waals surface area contributed by atoms with Gasteiger partial charge in [0.25, 0.3) is 0 Å². The summed E-state index contributed by atoms with van der Waals surface area (Å²) >= 11 is 0. The summed E-state index contributed by atoms with van der Waals surface area (Å²) in [7, 11) is 0. The van der Waals surface area contributed by atoms with E-state index in [1.807, 2.05) is 0 Å². The van der Waals surface area contributed by atoms with E-state index in [0.29, 0.717) is 0 Å². The van der Waals surface area contributed by atoms with Gasteiger partial charge in [-0.2, -0.15) is 0 Å². The van der Waals surface area contributed by atoms with Crippen LogP contribution < -0.4 is 0 Å². The molecule has 0 nitrogen and oxygen atoms in total. The fraction of sp³-hybridized carbons (Fsp3) is 0.143. The van der Waals surface area contributed by atoms with E-state index < -0.39 is 0 Å². The molecular formula is C21H20. The van der Waals surface area contributed by atoms with Gasteiger partial charge < -0.3 is 0 Å². The molecule has 21 heavy (non-hydrogen) atoms. The summed E-state index contributed by atoms with van der Waals surface area (Å²) in [4.78, 5) is 0. The van der Waals surface area contributed by atoms with Crippen LogP contribution in [0, 0.1) is 0 Å². The van der Waals surface area contributed by atoms with Gasteiger partial charge in [0.2, 0.25) is 0 Å². The molecule has 0 unspecified atom stereocenters. The van der Waals surface area contributed by atoms with Crippen molar-refractivity contribution in [1.82, 2.24) is 0 Å². The second-order valence-electron chi connectivity index (χ2n) is 5.51. The molecule has 0 aromatic heterocycles.